The van der Waals surface area contributed by atoms with Crippen molar-refractivity contribution in [2.75, 3.05) is 29.7 Å². The quantitative estimate of drug-likeness (QED) is 0.0454. The van der Waals surface area contributed by atoms with Crippen LogP contribution in [0.1, 0.15) is 59.3 Å². The Bertz CT molecular complexity index is 2470. The highest BCUT2D eigenvalue weighted by molar-refractivity contribution is 8.00. The fourth-order valence-electron chi connectivity index (χ4n) is 5.85. The molecule has 4 amide bonds. The predicted molar refractivity (Wildman–Crippen MR) is 233 cm³/mol. The van der Waals surface area contributed by atoms with Crippen molar-refractivity contribution in [1.29, 1.82) is 0 Å². The molecule has 0 spiro atoms. The van der Waals surface area contributed by atoms with Crippen LogP contribution in [0.5, 0.6) is 5.75 Å². The second-order valence-corrected chi connectivity index (χ2v) is 15.0. The van der Waals surface area contributed by atoms with Gasteiger partial charge in [-0.05, 0) is 91.2 Å². The standard InChI is InChI=1S/C46H40N4O7S2/c1-4-57-46(55)38-29(2)39(43(53)47-33-19-12-7-13-20-33)59-45(38)50-44(54)40(31-15-8-5-9-16-31)58-36-22-14-21-34(28-36)48-42(52)37(27-30-23-25-35(56-3)26-24-30)49-41(51)32-17-10-6-11-18-32/h5-28,40H,4H2,1-3H3,(H,47,53)(H,48,52)(H,49,51)(H,50,54)/b37-27+. The number of hydrogen-bond acceptors (Lipinski definition) is 9. The zero-order valence-corrected chi connectivity index (χ0v) is 33.9. The van der Waals surface area contributed by atoms with Crippen LogP contribution in [0.4, 0.5) is 16.4 Å². The zero-order valence-electron chi connectivity index (χ0n) is 32.3. The molecule has 5 aromatic carbocycles. The largest absolute Gasteiger partial charge is 0.497 e. The number of ether oxygens (including phenoxy) is 2. The van der Waals surface area contributed by atoms with E-state index in [0.717, 1.165) is 11.3 Å². The summed E-state index contributed by atoms with van der Waals surface area (Å²) in [6.07, 6.45) is 1.57. The van der Waals surface area contributed by atoms with Crippen molar-refractivity contribution in [3.05, 3.63) is 178 Å². The summed E-state index contributed by atoms with van der Waals surface area (Å²) >= 11 is 2.21. The Balaban J connectivity index is 1.26. The molecule has 0 saturated carbocycles. The summed E-state index contributed by atoms with van der Waals surface area (Å²) in [5.41, 5.74) is 3.18. The number of amides is 4. The minimum Gasteiger partial charge on any atom is -0.497 e. The average Bonchev–Trinajstić information content (AvgIpc) is 3.58. The van der Waals surface area contributed by atoms with Crippen molar-refractivity contribution in [1.82, 2.24) is 5.32 Å². The minimum atomic E-state index is -0.836. The summed E-state index contributed by atoms with van der Waals surface area (Å²) in [7, 11) is 1.56. The molecule has 6 rings (SSSR count). The van der Waals surface area contributed by atoms with Crippen LogP contribution in [0, 0.1) is 6.92 Å². The molecule has 11 nitrogen and oxygen atoms in total. The molecule has 13 heteroatoms. The van der Waals surface area contributed by atoms with Crippen molar-refractivity contribution >= 4 is 75.1 Å². The summed E-state index contributed by atoms with van der Waals surface area (Å²) in [4.78, 5) is 68.9. The molecule has 4 N–H and O–H groups in total. The lowest BCUT2D eigenvalue weighted by Crippen LogP contribution is -2.30. The SMILES string of the molecule is CCOC(=O)c1c(NC(=O)C(Sc2cccc(NC(=O)/C(=C\c3ccc(OC)cc3)NC(=O)c3ccccc3)c2)c2ccccc2)sc(C(=O)Nc2ccccc2)c1C. The van der Waals surface area contributed by atoms with E-state index in [1.807, 2.05) is 36.4 Å². The maximum Gasteiger partial charge on any atom is 0.341 e. The second kappa shape index (κ2) is 19.9. The lowest BCUT2D eigenvalue weighted by molar-refractivity contribution is -0.116. The van der Waals surface area contributed by atoms with Gasteiger partial charge in [0.05, 0.1) is 24.2 Å². The Morgan fingerprint density at radius 2 is 1.37 bits per heavy atom. The molecule has 0 aliphatic heterocycles. The summed E-state index contributed by atoms with van der Waals surface area (Å²) in [5.74, 6) is -1.94. The Hall–Kier alpha value is -6.96. The van der Waals surface area contributed by atoms with Crippen LogP contribution in [0.3, 0.4) is 0 Å². The summed E-state index contributed by atoms with van der Waals surface area (Å²) in [5, 5.41) is 10.7. The predicted octanol–water partition coefficient (Wildman–Crippen LogP) is 9.38. The molecule has 0 fully saturated rings. The van der Waals surface area contributed by atoms with Crippen molar-refractivity contribution in [2.45, 2.75) is 24.0 Å². The van der Waals surface area contributed by atoms with Crippen molar-refractivity contribution in [3.63, 3.8) is 0 Å². The molecular formula is C46H40N4O7S2. The van der Waals surface area contributed by atoms with Gasteiger partial charge >= 0.3 is 5.97 Å². The van der Waals surface area contributed by atoms with Gasteiger partial charge in [0, 0.05) is 21.8 Å². The maximum absolute atomic E-state index is 14.3. The van der Waals surface area contributed by atoms with Crippen LogP contribution >= 0.6 is 23.1 Å². The van der Waals surface area contributed by atoms with E-state index in [2.05, 4.69) is 21.3 Å². The second-order valence-electron chi connectivity index (χ2n) is 12.8. The Kier molecular flexibility index (Phi) is 14.1. The fraction of sp³-hybridized carbons (Fsp3) is 0.109. The molecule has 1 aromatic heterocycles. The van der Waals surface area contributed by atoms with E-state index in [0.29, 0.717) is 44.3 Å². The number of nitrogens with one attached hydrogen (secondary N) is 4. The number of para-hydroxylation sites is 1. The molecule has 298 valence electrons. The fourth-order valence-corrected chi connectivity index (χ4v) is 8.02. The monoisotopic (exact) mass is 824 g/mol. The third kappa shape index (κ3) is 10.9. The number of esters is 1. The van der Waals surface area contributed by atoms with Crippen molar-refractivity contribution in [2.24, 2.45) is 0 Å². The van der Waals surface area contributed by atoms with Gasteiger partial charge in [-0.15, -0.1) is 23.1 Å². The van der Waals surface area contributed by atoms with Gasteiger partial charge < -0.3 is 30.7 Å². The van der Waals surface area contributed by atoms with E-state index < -0.39 is 34.8 Å². The first-order valence-electron chi connectivity index (χ1n) is 18.5. The molecule has 1 unspecified atom stereocenters. The van der Waals surface area contributed by atoms with E-state index in [9.17, 15) is 24.0 Å². The lowest BCUT2D eigenvalue weighted by atomic mass is 10.1. The van der Waals surface area contributed by atoms with Gasteiger partial charge in [-0.3, -0.25) is 19.2 Å². The van der Waals surface area contributed by atoms with E-state index in [1.165, 1.54) is 11.8 Å². The summed E-state index contributed by atoms with van der Waals surface area (Å²) < 4.78 is 10.6. The smallest absolute Gasteiger partial charge is 0.341 e. The molecule has 0 saturated heterocycles. The van der Waals surface area contributed by atoms with Gasteiger partial charge in [-0.1, -0.05) is 84.9 Å². The minimum absolute atomic E-state index is 0.00378. The third-order valence-electron chi connectivity index (χ3n) is 8.74. The van der Waals surface area contributed by atoms with E-state index in [1.54, 1.807) is 130 Å². The molecule has 59 heavy (non-hydrogen) atoms. The molecule has 1 heterocycles. The first-order valence-corrected chi connectivity index (χ1v) is 20.2. The van der Waals surface area contributed by atoms with E-state index >= 15 is 0 Å². The average molecular weight is 825 g/mol. The third-order valence-corrected chi connectivity index (χ3v) is 11.2. The lowest BCUT2D eigenvalue weighted by Gasteiger charge is -2.18. The van der Waals surface area contributed by atoms with Crippen molar-refractivity contribution < 1.29 is 33.4 Å². The number of rotatable bonds is 15. The Labute approximate surface area is 349 Å². The number of carbonyl (C=O) groups is 5. The number of thioether (sulfide) groups is 1. The van der Waals surface area contributed by atoms with Gasteiger partial charge in [0.1, 0.15) is 21.7 Å². The Morgan fingerprint density at radius 1 is 0.729 bits per heavy atom. The summed E-state index contributed by atoms with van der Waals surface area (Å²) in [6, 6.07) is 40.6. The normalized spacial score (nSPS) is 11.5. The van der Waals surface area contributed by atoms with E-state index in [-0.39, 0.29) is 27.7 Å². The van der Waals surface area contributed by atoms with Gasteiger partial charge in [-0.25, -0.2) is 4.79 Å². The number of hydrogen-bond donors (Lipinski definition) is 4. The number of benzene rings is 5. The van der Waals surface area contributed by atoms with Crippen molar-refractivity contribution in [3.8, 4) is 5.75 Å². The number of carbonyl (C=O) groups excluding carboxylic acids is 5. The summed E-state index contributed by atoms with van der Waals surface area (Å²) in [6.45, 7) is 3.42. The van der Waals surface area contributed by atoms with Crippen LogP contribution in [-0.2, 0) is 14.3 Å². The molecule has 0 aliphatic carbocycles. The molecule has 0 radical (unpaired) electrons. The number of methoxy groups -OCH3 is 1. The number of anilines is 3. The molecule has 0 aliphatic rings. The maximum atomic E-state index is 14.3. The van der Waals surface area contributed by atoms with Crippen LogP contribution < -0.4 is 26.0 Å². The zero-order chi connectivity index (χ0) is 41.7. The highest BCUT2D eigenvalue weighted by Gasteiger charge is 2.30. The molecule has 1 atom stereocenters. The van der Waals surface area contributed by atoms with Gasteiger partial charge in [0.25, 0.3) is 17.7 Å². The van der Waals surface area contributed by atoms with Gasteiger partial charge in [-0.2, -0.15) is 0 Å². The molecule has 0 bridgehead atoms. The molecular weight excluding hydrogens is 785 g/mol. The first-order chi connectivity index (χ1) is 28.6. The van der Waals surface area contributed by atoms with Crippen LogP contribution in [0.2, 0.25) is 0 Å². The van der Waals surface area contributed by atoms with Crippen LogP contribution in [0.25, 0.3) is 6.08 Å². The van der Waals surface area contributed by atoms with E-state index in [4.69, 9.17) is 9.47 Å². The van der Waals surface area contributed by atoms with Gasteiger partial charge in [0.15, 0.2) is 0 Å². The highest BCUT2D eigenvalue weighted by Crippen LogP contribution is 2.40. The van der Waals surface area contributed by atoms with Crippen LogP contribution in [0.15, 0.2) is 150 Å². The molecule has 6 aromatic rings. The van der Waals surface area contributed by atoms with Crippen LogP contribution in [-0.4, -0.2) is 43.3 Å². The first kappa shape index (κ1) is 41.7. The Morgan fingerprint density at radius 3 is 2.03 bits per heavy atom. The highest BCUT2D eigenvalue weighted by atomic mass is 32.2. The topological polar surface area (TPSA) is 152 Å². The number of thiophene rings is 1. The van der Waals surface area contributed by atoms with Gasteiger partial charge in [0.2, 0.25) is 5.91 Å².